The van der Waals surface area contributed by atoms with Gasteiger partial charge in [0.1, 0.15) is 5.82 Å². The molecule has 0 unspecified atom stereocenters. The number of hydrogen-bond donors (Lipinski definition) is 1. The third-order valence-electron chi connectivity index (χ3n) is 2.95. The summed E-state index contributed by atoms with van der Waals surface area (Å²) in [6, 6.07) is 5.31. The van der Waals surface area contributed by atoms with Crippen molar-refractivity contribution in [2.45, 2.75) is 33.0 Å². The number of amides is 1. The molecule has 1 atom stereocenters. The van der Waals surface area contributed by atoms with E-state index in [1.807, 2.05) is 17.5 Å². The van der Waals surface area contributed by atoms with Gasteiger partial charge >= 0.3 is 6.18 Å². The maximum absolute atomic E-state index is 13.3. The normalized spacial score (nSPS) is 12.4. The first-order valence-corrected chi connectivity index (χ1v) is 7.34. The van der Waals surface area contributed by atoms with Crippen molar-refractivity contribution < 1.29 is 22.4 Å². The van der Waals surface area contributed by atoms with E-state index in [-0.39, 0.29) is 19.0 Å². The number of thiophene rings is 1. The highest BCUT2D eigenvalue weighted by atomic mass is 32.1. The topological polar surface area (TPSA) is 29.1 Å². The second-order valence-corrected chi connectivity index (χ2v) is 5.92. The van der Waals surface area contributed by atoms with E-state index in [4.69, 9.17) is 0 Å². The van der Waals surface area contributed by atoms with Gasteiger partial charge in [-0.05, 0) is 36.6 Å². The highest BCUT2D eigenvalue weighted by molar-refractivity contribution is 7.09. The smallest absolute Gasteiger partial charge is 0.349 e. The lowest BCUT2D eigenvalue weighted by molar-refractivity contribution is -0.137. The fourth-order valence-corrected chi connectivity index (χ4v) is 2.81. The lowest BCUT2D eigenvalue weighted by Gasteiger charge is -2.14. The van der Waals surface area contributed by atoms with Crippen molar-refractivity contribution in [2.75, 3.05) is 0 Å². The lowest BCUT2D eigenvalue weighted by Crippen LogP contribution is -2.34. The predicted molar refractivity (Wildman–Crippen MR) is 83.1 cm³/mol. The summed E-state index contributed by atoms with van der Waals surface area (Å²) < 4.78 is 51.2. The van der Waals surface area contributed by atoms with Crippen LogP contribution in [0.15, 0.2) is 35.7 Å². The molecule has 0 aliphatic carbocycles. The maximum atomic E-state index is 13.3. The highest BCUT2D eigenvalue weighted by Crippen LogP contribution is 2.30. The van der Waals surface area contributed by atoms with Gasteiger partial charge in [-0.25, -0.2) is 4.39 Å². The van der Waals surface area contributed by atoms with Crippen LogP contribution in [0.5, 0.6) is 0 Å². The lowest BCUT2D eigenvalue weighted by atomic mass is 10.1. The quantitative estimate of drug-likeness (QED) is 0.783. The number of rotatable bonds is 4. The van der Waals surface area contributed by atoms with Gasteiger partial charge in [-0.15, -0.1) is 11.3 Å². The van der Waals surface area contributed by atoms with Crippen molar-refractivity contribution in [2.24, 2.45) is 0 Å². The molecule has 2 nitrogen and oxygen atoms in total. The van der Waals surface area contributed by atoms with Crippen molar-refractivity contribution >= 4 is 17.2 Å². The van der Waals surface area contributed by atoms with Crippen LogP contribution in [0.4, 0.5) is 17.6 Å². The number of halogens is 4. The molecule has 1 N–H and O–H groups in total. The van der Waals surface area contributed by atoms with Crippen molar-refractivity contribution in [3.63, 3.8) is 0 Å². The fourth-order valence-electron chi connectivity index (χ4n) is 1.97. The van der Waals surface area contributed by atoms with Crippen LogP contribution in [0.25, 0.3) is 0 Å². The van der Waals surface area contributed by atoms with Gasteiger partial charge in [-0.3, -0.25) is 4.79 Å². The highest BCUT2D eigenvalue weighted by Gasteiger charge is 2.32. The van der Waals surface area contributed by atoms with Crippen LogP contribution in [-0.4, -0.2) is 11.9 Å². The van der Waals surface area contributed by atoms with Crippen LogP contribution in [0.1, 0.15) is 35.1 Å². The van der Waals surface area contributed by atoms with E-state index in [1.165, 1.54) is 11.3 Å². The van der Waals surface area contributed by atoms with Gasteiger partial charge in [0.25, 0.3) is 5.91 Å². The zero-order valence-corrected chi connectivity index (χ0v) is 12.4. The van der Waals surface area contributed by atoms with Gasteiger partial charge in [0.05, 0.1) is 5.56 Å². The summed E-state index contributed by atoms with van der Waals surface area (Å²) in [6.07, 6.45) is -4.13. The Bertz CT molecular complexity index is 653. The molecular formula is C16H17F4NOS. The van der Waals surface area contributed by atoms with Gasteiger partial charge in [-0.1, -0.05) is 13.5 Å². The summed E-state index contributed by atoms with van der Waals surface area (Å²) in [4.78, 5) is 13.0. The summed E-state index contributed by atoms with van der Waals surface area (Å²) in [5, 5.41) is 4.47. The number of alkyl halides is 3. The Morgan fingerprint density at radius 2 is 2.00 bits per heavy atom. The van der Waals surface area contributed by atoms with Crippen molar-refractivity contribution in [3.05, 3.63) is 57.5 Å². The Kier molecular flexibility index (Phi) is 6.32. The van der Waals surface area contributed by atoms with Crippen LogP contribution in [0, 0.1) is 5.82 Å². The molecule has 0 saturated heterocycles. The van der Waals surface area contributed by atoms with Crippen molar-refractivity contribution in [1.29, 1.82) is 0 Å². The largest absolute Gasteiger partial charge is 0.416 e. The number of nitrogens with one attached hydrogen (secondary N) is 1. The van der Waals surface area contributed by atoms with E-state index in [2.05, 4.69) is 5.32 Å². The van der Waals surface area contributed by atoms with Crippen LogP contribution < -0.4 is 5.32 Å². The standard InChI is InChI=1S/C15H13F4NOS.CH4/c1-9(5-13-3-2-4-22-13)20-14(21)10-6-11(15(17,18)19)8-12(16)7-10;/h2-4,6-9H,5H2,1H3,(H,20,21);1H4/t9-;/m1./s1. The Labute approximate surface area is 136 Å². The minimum absolute atomic E-state index is 0. The SMILES string of the molecule is C.C[C@H](Cc1cccs1)NC(=O)c1cc(F)cc(C(F)(F)F)c1. The molecule has 7 heteroatoms. The summed E-state index contributed by atoms with van der Waals surface area (Å²) in [7, 11) is 0. The molecule has 1 aromatic carbocycles. The molecule has 0 bridgehead atoms. The Morgan fingerprint density at radius 1 is 1.30 bits per heavy atom. The monoisotopic (exact) mass is 347 g/mol. The molecular weight excluding hydrogens is 330 g/mol. The van der Waals surface area contributed by atoms with E-state index >= 15 is 0 Å². The maximum Gasteiger partial charge on any atom is 0.416 e. The van der Waals surface area contributed by atoms with E-state index in [1.54, 1.807) is 6.92 Å². The van der Waals surface area contributed by atoms with E-state index in [0.29, 0.717) is 18.6 Å². The van der Waals surface area contributed by atoms with Crippen LogP contribution in [-0.2, 0) is 12.6 Å². The number of carbonyl (C=O) groups excluding carboxylic acids is 1. The van der Waals surface area contributed by atoms with Crippen LogP contribution >= 0.6 is 11.3 Å². The molecule has 1 aromatic heterocycles. The molecule has 2 aromatic rings. The summed E-state index contributed by atoms with van der Waals surface area (Å²) in [6.45, 7) is 1.74. The van der Waals surface area contributed by atoms with Gasteiger partial charge in [0, 0.05) is 22.9 Å². The Morgan fingerprint density at radius 3 is 2.57 bits per heavy atom. The average Bonchev–Trinajstić information content (AvgIpc) is 2.89. The molecule has 1 amide bonds. The van der Waals surface area contributed by atoms with Crippen LogP contribution in [0.2, 0.25) is 0 Å². The fraction of sp³-hybridized carbons (Fsp3) is 0.312. The molecule has 2 rings (SSSR count). The van der Waals surface area contributed by atoms with E-state index < -0.39 is 23.5 Å². The zero-order chi connectivity index (χ0) is 16.3. The molecule has 23 heavy (non-hydrogen) atoms. The Balaban J connectivity index is 0.00000264. The third-order valence-corrected chi connectivity index (χ3v) is 3.85. The second kappa shape index (κ2) is 7.59. The molecule has 0 saturated carbocycles. The van der Waals surface area contributed by atoms with Crippen molar-refractivity contribution in [3.8, 4) is 0 Å². The van der Waals surface area contributed by atoms with Gasteiger partial charge in [-0.2, -0.15) is 13.2 Å². The number of benzene rings is 1. The second-order valence-electron chi connectivity index (χ2n) is 4.88. The van der Waals surface area contributed by atoms with E-state index in [9.17, 15) is 22.4 Å². The zero-order valence-electron chi connectivity index (χ0n) is 11.6. The molecule has 0 aliphatic rings. The van der Waals surface area contributed by atoms with Crippen LogP contribution in [0.3, 0.4) is 0 Å². The summed E-state index contributed by atoms with van der Waals surface area (Å²) in [5.74, 6) is -1.82. The third kappa shape index (κ3) is 5.35. The summed E-state index contributed by atoms with van der Waals surface area (Å²) >= 11 is 1.52. The summed E-state index contributed by atoms with van der Waals surface area (Å²) in [5.41, 5.74) is -1.52. The van der Waals surface area contributed by atoms with Gasteiger partial charge in [0.15, 0.2) is 0 Å². The van der Waals surface area contributed by atoms with Gasteiger partial charge in [0.2, 0.25) is 0 Å². The molecule has 0 aliphatic heterocycles. The molecule has 0 spiro atoms. The Hall–Kier alpha value is -1.89. The minimum atomic E-state index is -4.69. The molecule has 126 valence electrons. The minimum Gasteiger partial charge on any atom is -0.349 e. The first-order chi connectivity index (χ1) is 10.3. The van der Waals surface area contributed by atoms with E-state index in [0.717, 1.165) is 10.9 Å². The molecule has 0 fully saturated rings. The first-order valence-electron chi connectivity index (χ1n) is 6.47. The predicted octanol–water partition coefficient (Wildman–Crippen LogP) is 4.90. The average molecular weight is 347 g/mol. The molecule has 0 radical (unpaired) electrons. The van der Waals surface area contributed by atoms with Gasteiger partial charge < -0.3 is 5.32 Å². The number of carbonyl (C=O) groups is 1. The molecule has 1 heterocycles. The number of hydrogen-bond acceptors (Lipinski definition) is 2. The first kappa shape index (κ1) is 19.2. The van der Waals surface area contributed by atoms with Crippen molar-refractivity contribution in [1.82, 2.24) is 5.32 Å².